The van der Waals surface area contributed by atoms with Gasteiger partial charge in [0.1, 0.15) is 6.04 Å². The maximum Gasteiger partial charge on any atom is 0.326 e. The van der Waals surface area contributed by atoms with Crippen LogP contribution in [0.25, 0.3) is 0 Å². The quantitative estimate of drug-likeness (QED) is 0.630. The molecule has 1 aliphatic heterocycles. The number of aliphatic carboxylic acids is 1. The van der Waals surface area contributed by atoms with Crippen molar-refractivity contribution in [3.63, 3.8) is 0 Å². The monoisotopic (exact) mass is 272 g/mol. The number of carbonyl (C=O) groups is 2. The molecular weight excluding hydrogens is 248 g/mol. The molecule has 1 heterocycles. The number of carboxylic acids is 1. The molecule has 2 unspecified atom stereocenters. The number of unbranched alkanes of at least 4 members (excludes halogenated alkanes) is 1. The molecule has 6 nitrogen and oxygen atoms in total. The van der Waals surface area contributed by atoms with E-state index in [9.17, 15) is 14.7 Å². The summed E-state index contributed by atoms with van der Waals surface area (Å²) in [6.45, 7) is 4.95. The lowest BCUT2D eigenvalue weighted by molar-refractivity contribution is -0.141. The molecule has 110 valence electrons. The first-order valence-electron chi connectivity index (χ1n) is 6.87. The van der Waals surface area contributed by atoms with Crippen LogP contribution in [0.15, 0.2) is 0 Å². The number of β-amino-alcohol motifs (C(OH)–C–C–N with tert-alkyl or cyclic N) is 1. The highest BCUT2D eigenvalue weighted by Gasteiger charge is 2.38. The number of carboxylic acid groups (broad SMARTS) is 1. The molecule has 0 aliphatic carbocycles. The van der Waals surface area contributed by atoms with E-state index in [4.69, 9.17) is 5.11 Å². The normalized spacial score (nSPS) is 22.8. The Kier molecular flexibility index (Phi) is 6.08. The SMILES string of the molecule is CC(C)CCCCNC(=O)N1CC(O)CC1C(=O)O. The Balaban J connectivity index is 2.30. The number of nitrogens with zero attached hydrogens (tertiary/aromatic N) is 1. The van der Waals surface area contributed by atoms with Crippen molar-refractivity contribution in [2.24, 2.45) is 5.92 Å². The number of hydrogen-bond acceptors (Lipinski definition) is 3. The predicted octanol–water partition coefficient (Wildman–Crippen LogP) is 1.04. The number of carbonyl (C=O) groups excluding carboxylic acids is 1. The Bertz CT molecular complexity index is 320. The van der Waals surface area contributed by atoms with Gasteiger partial charge in [-0.05, 0) is 12.3 Å². The molecule has 0 spiro atoms. The molecular formula is C13H24N2O4. The number of nitrogens with one attached hydrogen (secondary N) is 1. The van der Waals surface area contributed by atoms with Crippen LogP contribution in [-0.2, 0) is 4.79 Å². The van der Waals surface area contributed by atoms with Crippen molar-refractivity contribution in [1.82, 2.24) is 10.2 Å². The molecule has 0 radical (unpaired) electrons. The van der Waals surface area contributed by atoms with Crippen LogP contribution in [0.3, 0.4) is 0 Å². The summed E-state index contributed by atoms with van der Waals surface area (Å²) in [7, 11) is 0. The van der Waals surface area contributed by atoms with Gasteiger partial charge in [-0.25, -0.2) is 9.59 Å². The van der Waals surface area contributed by atoms with Crippen molar-refractivity contribution in [1.29, 1.82) is 0 Å². The van der Waals surface area contributed by atoms with E-state index >= 15 is 0 Å². The number of aliphatic hydroxyl groups is 1. The van der Waals surface area contributed by atoms with Gasteiger partial charge in [-0.1, -0.05) is 26.7 Å². The predicted molar refractivity (Wildman–Crippen MR) is 70.8 cm³/mol. The summed E-state index contributed by atoms with van der Waals surface area (Å²) in [5.41, 5.74) is 0. The Morgan fingerprint density at radius 3 is 2.63 bits per heavy atom. The van der Waals surface area contributed by atoms with Gasteiger partial charge >= 0.3 is 12.0 Å². The van der Waals surface area contributed by atoms with Crippen LogP contribution < -0.4 is 5.32 Å². The van der Waals surface area contributed by atoms with E-state index in [2.05, 4.69) is 19.2 Å². The third kappa shape index (κ3) is 5.06. The smallest absolute Gasteiger partial charge is 0.326 e. The van der Waals surface area contributed by atoms with Gasteiger partial charge in [0, 0.05) is 19.5 Å². The Labute approximate surface area is 113 Å². The molecule has 0 aromatic carbocycles. The van der Waals surface area contributed by atoms with Crippen molar-refractivity contribution in [2.45, 2.75) is 51.7 Å². The second kappa shape index (κ2) is 7.33. The zero-order valence-electron chi connectivity index (χ0n) is 11.6. The average Bonchev–Trinajstić information content (AvgIpc) is 2.70. The van der Waals surface area contributed by atoms with Gasteiger partial charge < -0.3 is 20.4 Å². The van der Waals surface area contributed by atoms with E-state index in [1.807, 2.05) is 0 Å². The van der Waals surface area contributed by atoms with Gasteiger partial charge in [-0.15, -0.1) is 0 Å². The lowest BCUT2D eigenvalue weighted by Crippen LogP contribution is -2.46. The summed E-state index contributed by atoms with van der Waals surface area (Å²) in [5, 5.41) is 21.2. The second-order valence-electron chi connectivity index (χ2n) is 5.52. The first kappa shape index (κ1) is 15.8. The van der Waals surface area contributed by atoms with Crippen molar-refractivity contribution in [3.8, 4) is 0 Å². The topological polar surface area (TPSA) is 89.9 Å². The summed E-state index contributed by atoms with van der Waals surface area (Å²) in [6, 6.07) is -1.31. The van der Waals surface area contributed by atoms with Crippen molar-refractivity contribution < 1.29 is 19.8 Å². The minimum absolute atomic E-state index is 0.0921. The molecule has 1 saturated heterocycles. The molecule has 0 aromatic rings. The summed E-state index contributed by atoms with van der Waals surface area (Å²) >= 11 is 0. The summed E-state index contributed by atoms with van der Waals surface area (Å²) < 4.78 is 0. The van der Waals surface area contributed by atoms with Crippen LogP contribution in [0.1, 0.15) is 39.5 Å². The van der Waals surface area contributed by atoms with E-state index in [-0.39, 0.29) is 13.0 Å². The van der Waals surface area contributed by atoms with Gasteiger partial charge in [-0.2, -0.15) is 0 Å². The van der Waals surface area contributed by atoms with Gasteiger partial charge in [-0.3, -0.25) is 0 Å². The van der Waals surface area contributed by atoms with Gasteiger partial charge in [0.05, 0.1) is 6.10 Å². The molecule has 6 heteroatoms. The minimum Gasteiger partial charge on any atom is -0.480 e. The molecule has 19 heavy (non-hydrogen) atoms. The molecule has 1 rings (SSSR count). The number of amides is 2. The molecule has 1 fully saturated rings. The molecule has 1 aliphatic rings. The van der Waals surface area contributed by atoms with Gasteiger partial charge in [0.2, 0.25) is 0 Å². The Hall–Kier alpha value is -1.30. The molecule has 0 aromatic heterocycles. The number of aliphatic hydroxyl groups excluding tert-OH is 1. The van der Waals surface area contributed by atoms with E-state index < -0.39 is 24.1 Å². The largest absolute Gasteiger partial charge is 0.480 e. The fourth-order valence-corrected chi connectivity index (χ4v) is 2.25. The number of hydrogen-bond donors (Lipinski definition) is 3. The summed E-state index contributed by atoms with van der Waals surface area (Å²) in [5.74, 6) is -0.410. The van der Waals surface area contributed by atoms with Crippen LogP contribution in [0, 0.1) is 5.92 Å². The summed E-state index contributed by atoms with van der Waals surface area (Å²) in [6.07, 6.45) is 2.42. The van der Waals surface area contributed by atoms with Crippen LogP contribution in [0.4, 0.5) is 4.79 Å². The number of urea groups is 1. The highest BCUT2D eigenvalue weighted by molar-refractivity contribution is 5.83. The van der Waals surface area contributed by atoms with Gasteiger partial charge in [0.15, 0.2) is 0 Å². The van der Waals surface area contributed by atoms with Crippen LogP contribution >= 0.6 is 0 Å². The third-order valence-electron chi connectivity index (χ3n) is 3.31. The zero-order chi connectivity index (χ0) is 14.4. The Morgan fingerprint density at radius 2 is 2.05 bits per heavy atom. The molecule has 0 saturated carbocycles. The molecule has 3 N–H and O–H groups in total. The van der Waals surface area contributed by atoms with Gasteiger partial charge in [0.25, 0.3) is 0 Å². The third-order valence-corrected chi connectivity index (χ3v) is 3.31. The van der Waals surface area contributed by atoms with Crippen LogP contribution in [0.5, 0.6) is 0 Å². The van der Waals surface area contributed by atoms with E-state index in [0.717, 1.165) is 19.3 Å². The van der Waals surface area contributed by atoms with Crippen molar-refractivity contribution in [2.75, 3.05) is 13.1 Å². The number of likely N-dealkylation sites (tertiary alicyclic amines) is 1. The lowest BCUT2D eigenvalue weighted by Gasteiger charge is -2.21. The van der Waals surface area contributed by atoms with E-state index in [1.54, 1.807) is 0 Å². The fraction of sp³-hybridized carbons (Fsp3) is 0.846. The highest BCUT2D eigenvalue weighted by atomic mass is 16.4. The first-order chi connectivity index (χ1) is 8.91. The fourth-order valence-electron chi connectivity index (χ4n) is 2.25. The van der Waals surface area contributed by atoms with E-state index in [1.165, 1.54) is 4.90 Å². The standard InChI is InChI=1S/C13H24N2O4/c1-9(2)5-3-4-6-14-13(19)15-8-10(16)7-11(15)12(17)18/h9-11,16H,3-8H2,1-2H3,(H,14,19)(H,17,18). The summed E-state index contributed by atoms with van der Waals surface area (Å²) in [4.78, 5) is 24.0. The number of rotatable bonds is 6. The average molecular weight is 272 g/mol. The molecule has 0 bridgehead atoms. The van der Waals surface area contributed by atoms with E-state index in [0.29, 0.717) is 12.5 Å². The van der Waals surface area contributed by atoms with Crippen molar-refractivity contribution in [3.05, 3.63) is 0 Å². The molecule has 2 atom stereocenters. The first-order valence-corrected chi connectivity index (χ1v) is 6.87. The molecule has 2 amide bonds. The lowest BCUT2D eigenvalue weighted by atomic mass is 10.1. The minimum atomic E-state index is -1.06. The maximum atomic E-state index is 11.8. The second-order valence-corrected chi connectivity index (χ2v) is 5.52. The zero-order valence-corrected chi connectivity index (χ0v) is 11.6. The maximum absolute atomic E-state index is 11.8. The highest BCUT2D eigenvalue weighted by Crippen LogP contribution is 2.18. The Morgan fingerprint density at radius 1 is 1.37 bits per heavy atom. The van der Waals surface area contributed by atoms with Crippen molar-refractivity contribution >= 4 is 12.0 Å². The van der Waals surface area contributed by atoms with Crippen LogP contribution in [0.2, 0.25) is 0 Å². The van der Waals surface area contributed by atoms with Crippen LogP contribution in [-0.4, -0.2) is 52.3 Å².